The fourth-order valence-corrected chi connectivity index (χ4v) is 3.08. The highest BCUT2D eigenvalue weighted by Crippen LogP contribution is 2.34. The Kier molecular flexibility index (Phi) is 7.40. The first-order valence-corrected chi connectivity index (χ1v) is 9.22. The zero-order valence-corrected chi connectivity index (χ0v) is 15.8. The van der Waals surface area contributed by atoms with Crippen LogP contribution in [0.15, 0.2) is 71.9 Å². The lowest BCUT2D eigenvalue weighted by Gasteiger charge is -2.20. The average Bonchev–Trinajstić information content (AvgIpc) is 2.65. The summed E-state index contributed by atoms with van der Waals surface area (Å²) in [4.78, 5) is 4.56. The Labute approximate surface area is 152 Å². The first-order chi connectivity index (χ1) is 12.2. The van der Waals surface area contributed by atoms with Crippen LogP contribution in [-0.2, 0) is 6.42 Å². The van der Waals surface area contributed by atoms with E-state index in [1.54, 1.807) is 0 Å². The number of nitrogens with zero attached hydrogens (tertiary/aromatic N) is 1. The molecule has 0 saturated carbocycles. The molecule has 0 amide bonds. The van der Waals surface area contributed by atoms with Crippen molar-refractivity contribution in [3.63, 3.8) is 0 Å². The van der Waals surface area contributed by atoms with E-state index in [2.05, 4.69) is 67.9 Å². The fourth-order valence-electron chi connectivity index (χ4n) is 3.08. The highest BCUT2D eigenvalue weighted by molar-refractivity contribution is 5.80. The largest absolute Gasteiger partial charge is 0.262 e. The van der Waals surface area contributed by atoms with Crippen LogP contribution in [-0.4, -0.2) is 6.21 Å². The molecule has 0 N–H and O–H groups in total. The van der Waals surface area contributed by atoms with E-state index >= 15 is 0 Å². The van der Waals surface area contributed by atoms with Crippen LogP contribution in [0.5, 0.6) is 0 Å². The number of aliphatic imine (C=N–C) groups is 1. The first-order valence-electron chi connectivity index (χ1n) is 9.22. The molecule has 0 aliphatic heterocycles. The van der Waals surface area contributed by atoms with E-state index in [-0.39, 0.29) is 0 Å². The number of hydrogen-bond acceptors (Lipinski definition) is 1. The Morgan fingerprint density at radius 1 is 1.24 bits per heavy atom. The lowest BCUT2D eigenvalue weighted by atomic mass is 9.85. The molecule has 130 valence electrons. The van der Waals surface area contributed by atoms with E-state index in [0.29, 0.717) is 0 Å². The maximum Gasteiger partial charge on any atom is 0.0586 e. The summed E-state index contributed by atoms with van der Waals surface area (Å²) in [5.74, 6) is 0. The smallest absolute Gasteiger partial charge is 0.0586 e. The summed E-state index contributed by atoms with van der Waals surface area (Å²) in [7, 11) is 0. The summed E-state index contributed by atoms with van der Waals surface area (Å²) in [5, 5.41) is 0. The molecule has 2 rings (SSSR count). The van der Waals surface area contributed by atoms with Crippen LogP contribution in [0.1, 0.15) is 56.7 Å². The Balaban J connectivity index is 2.47. The van der Waals surface area contributed by atoms with Gasteiger partial charge in [-0.25, -0.2) is 0 Å². The Morgan fingerprint density at radius 2 is 2.08 bits per heavy atom. The molecule has 1 nitrogen and oxygen atoms in total. The first kappa shape index (κ1) is 18.9. The Bertz CT molecular complexity index is 754. The van der Waals surface area contributed by atoms with Gasteiger partial charge in [0.2, 0.25) is 0 Å². The highest BCUT2D eigenvalue weighted by Gasteiger charge is 2.15. The van der Waals surface area contributed by atoms with Crippen molar-refractivity contribution in [1.82, 2.24) is 0 Å². The van der Waals surface area contributed by atoms with Crippen molar-refractivity contribution in [2.24, 2.45) is 4.99 Å². The molecule has 0 heterocycles. The number of aryl methyl sites for hydroxylation is 1. The van der Waals surface area contributed by atoms with Gasteiger partial charge in [0.15, 0.2) is 0 Å². The van der Waals surface area contributed by atoms with E-state index in [0.717, 1.165) is 30.5 Å². The molecule has 0 spiro atoms. The molecule has 1 aromatic carbocycles. The summed E-state index contributed by atoms with van der Waals surface area (Å²) in [6, 6.07) is 6.80. The third-order valence-electron chi connectivity index (χ3n) is 4.41. The third-order valence-corrected chi connectivity index (χ3v) is 4.41. The van der Waals surface area contributed by atoms with Crippen molar-refractivity contribution in [2.45, 2.75) is 46.5 Å². The minimum atomic E-state index is 0.958. The lowest BCUT2D eigenvalue weighted by Crippen LogP contribution is -2.03. The van der Waals surface area contributed by atoms with E-state index in [9.17, 15) is 0 Å². The number of hydrogen-bond donors (Lipinski definition) is 0. The second kappa shape index (κ2) is 9.78. The van der Waals surface area contributed by atoms with Gasteiger partial charge in [0.25, 0.3) is 0 Å². The minimum Gasteiger partial charge on any atom is -0.262 e. The maximum absolute atomic E-state index is 4.56. The van der Waals surface area contributed by atoms with Gasteiger partial charge in [0.05, 0.1) is 5.70 Å². The zero-order chi connectivity index (χ0) is 18.1. The molecule has 1 aromatic rings. The molecule has 0 fully saturated rings. The standard InChI is InChI=1S/C24H29N/c1-5-9-11-19(7-3)21-15-14-20-12-10-13-22(24(20)18-21)17-23(8-4)25-16-6-2/h5,7-9,11,14-18H,3,6,10,12-13H2,1-2,4H3/b9-5-,19-11+,22-17+,23-8-,25-16?. The molecule has 0 radical (unpaired) electrons. The average molecular weight is 332 g/mol. The van der Waals surface area contributed by atoms with Crippen LogP contribution in [0.25, 0.3) is 11.1 Å². The van der Waals surface area contributed by atoms with Crippen molar-refractivity contribution in [1.29, 1.82) is 0 Å². The van der Waals surface area contributed by atoms with Crippen LogP contribution in [0, 0.1) is 0 Å². The van der Waals surface area contributed by atoms with E-state index in [4.69, 9.17) is 0 Å². The van der Waals surface area contributed by atoms with Gasteiger partial charge in [-0.15, -0.1) is 0 Å². The number of allylic oxidation sites excluding steroid dienone is 8. The van der Waals surface area contributed by atoms with E-state index in [1.807, 2.05) is 25.3 Å². The third kappa shape index (κ3) is 5.03. The molecule has 0 bridgehead atoms. The van der Waals surface area contributed by atoms with Crippen molar-refractivity contribution in [2.75, 3.05) is 0 Å². The molecule has 1 aliphatic carbocycles. The van der Waals surface area contributed by atoms with Crippen LogP contribution in [0.3, 0.4) is 0 Å². The summed E-state index contributed by atoms with van der Waals surface area (Å²) in [5.41, 5.74) is 7.61. The summed E-state index contributed by atoms with van der Waals surface area (Å²) < 4.78 is 0. The van der Waals surface area contributed by atoms with Gasteiger partial charge in [-0.1, -0.05) is 56.0 Å². The van der Waals surface area contributed by atoms with Gasteiger partial charge < -0.3 is 0 Å². The van der Waals surface area contributed by atoms with Gasteiger partial charge in [0.1, 0.15) is 0 Å². The molecule has 0 unspecified atom stereocenters. The summed E-state index contributed by atoms with van der Waals surface area (Å²) in [6.45, 7) is 10.2. The number of fused-ring (bicyclic) bond motifs is 1. The monoisotopic (exact) mass is 331 g/mol. The second-order valence-electron chi connectivity index (χ2n) is 6.18. The molecule has 0 saturated heterocycles. The molecule has 0 aromatic heterocycles. The molecule has 1 aliphatic rings. The Morgan fingerprint density at radius 3 is 2.76 bits per heavy atom. The van der Waals surface area contributed by atoms with Crippen LogP contribution >= 0.6 is 0 Å². The van der Waals surface area contributed by atoms with Crippen molar-refractivity contribution >= 4 is 17.4 Å². The summed E-state index contributed by atoms with van der Waals surface area (Å²) >= 11 is 0. The van der Waals surface area contributed by atoms with Gasteiger partial charge in [-0.2, -0.15) is 0 Å². The minimum absolute atomic E-state index is 0.958. The van der Waals surface area contributed by atoms with Crippen LogP contribution in [0.2, 0.25) is 0 Å². The highest BCUT2D eigenvalue weighted by atomic mass is 14.7. The SMILES string of the molecule is C=C/C(=C\C=C/C)c1ccc2c(c1)/C(=C/C(=C/C)N=CCC)CCC2. The molecular weight excluding hydrogens is 302 g/mol. The number of rotatable bonds is 6. The molecule has 0 atom stereocenters. The summed E-state index contributed by atoms with van der Waals surface area (Å²) in [6.07, 6.45) is 18.9. The predicted molar refractivity (Wildman–Crippen MR) is 113 cm³/mol. The van der Waals surface area contributed by atoms with E-state index in [1.165, 1.54) is 28.7 Å². The maximum atomic E-state index is 4.56. The van der Waals surface area contributed by atoms with Crippen LogP contribution in [0.4, 0.5) is 0 Å². The van der Waals surface area contributed by atoms with Gasteiger partial charge in [-0.05, 0) is 79.5 Å². The quantitative estimate of drug-likeness (QED) is 0.395. The van der Waals surface area contributed by atoms with Crippen molar-refractivity contribution in [3.8, 4) is 0 Å². The lowest BCUT2D eigenvalue weighted by molar-refractivity contribution is 0.821. The van der Waals surface area contributed by atoms with Gasteiger partial charge in [-0.3, -0.25) is 4.99 Å². The zero-order valence-electron chi connectivity index (χ0n) is 15.8. The van der Waals surface area contributed by atoms with Crippen molar-refractivity contribution < 1.29 is 0 Å². The molecule has 25 heavy (non-hydrogen) atoms. The second-order valence-corrected chi connectivity index (χ2v) is 6.18. The van der Waals surface area contributed by atoms with Crippen LogP contribution < -0.4 is 0 Å². The Hall–Kier alpha value is -2.41. The van der Waals surface area contributed by atoms with E-state index < -0.39 is 0 Å². The van der Waals surface area contributed by atoms with Crippen molar-refractivity contribution in [3.05, 3.63) is 83.6 Å². The molecular formula is C24H29N. The number of benzene rings is 1. The van der Waals surface area contributed by atoms with Gasteiger partial charge in [0, 0.05) is 6.21 Å². The molecule has 1 heteroatoms. The normalized spacial score (nSPS) is 17.5. The topological polar surface area (TPSA) is 12.4 Å². The van der Waals surface area contributed by atoms with Gasteiger partial charge >= 0.3 is 0 Å². The predicted octanol–water partition coefficient (Wildman–Crippen LogP) is 6.94. The fraction of sp³-hybridized carbons (Fsp3) is 0.292.